The zero-order valence-electron chi connectivity index (χ0n) is 12.2. The summed E-state index contributed by atoms with van der Waals surface area (Å²) in [7, 11) is 1.65. The lowest BCUT2D eigenvalue weighted by Crippen LogP contribution is -2.09. The van der Waals surface area contributed by atoms with Crippen LogP contribution in [0.4, 0.5) is 13.2 Å². The molecule has 0 spiro atoms. The molecule has 24 heavy (non-hydrogen) atoms. The summed E-state index contributed by atoms with van der Waals surface area (Å²) in [4.78, 5) is 14.0. The third-order valence-electron chi connectivity index (χ3n) is 2.78. The first-order chi connectivity index (χ1) is 11.3. The summed E-state index contributed by atoms with van der Waals surface area (Å²) in [6, 6.07) is 5.28. The van der Waals surface area contributed by atoms with Gasteiger partial charge in [-0.1, -0.05) is 12.1 Å². The summed E-state index contributed by atoms with van der Waals surface area (Å²) in [5.74, 6) is -0.798. The molecule has 0 aliphatic heterocycles. The number of aromatic nitrogens is 2. The number of ether oxygens (including phenoxy) is 1. The minimum absolute atomic E-state index is 0.0251. The van der Waals surface area contributed by atoms with Gasteiger partial charge in [0.05, 0.1) is 0 Å². The Balaban J connectivity index is 2.38. The number of rotatable bonds is 5. The fourth-order valence-corrected chi connectivity index (χ4v) is 2.53. The topological polar surface area (TPSA) is 92.9 Å². The number of benzene rings is 1. The van der Waals surface area contributed by atoms with E-state index in [0.29, 0.717) is 0 Å². The minimum Gasteiger partial charge on any atom is -0.472 e. The Kier molecular flexibility index (Phi) is 5.37. The Bertz CT molecular complexity index is 799. The number of amides is 1. The number of aryl methyl sites for hydroxylation is 1. The molecule has 0 aliphatic carbocycles. The number of azide groups is 1. The van der Waals surface area contributed by atoms with E-state index in [1.165, 1.54) is 28.9 Å². The van der Waals surface area contributed by atoms with Crippen LogP contribution in [0.3, 0.4) is 0 Å². The van der Waals surface area contributed by atoms with Crippen LogP contribution < -0.4 is 4.74 Å². The van der Waals surface area contributed by atoms with E-state index in [-0.39, 0.29) is 40.3 Å². The highest BCUT2D eigenvalue weighted by Crippen LogP contribution is 2.39. The molecule has 0 fully saturated rings. The van der Waals surface area contributed by atoms with E-state index in [4.69, 9.17) is 10.3 Å². The third kappa shape index (κ3) is 4.67. The second-order valence-corrected chi connectivity index (χ2v) is 5.55. The number of hydrogen-bond donors (Lipinski definition) is 0. The second-order valence-electron chi connectivity index (χ2n) is 4.44. The van der Waals surface area contributed by atoms with Crippen molar-refractivity contribution in [1.82, 2.24) is 9.78 Å². The van der Waals surface area contributed by atoms with Gasteiger partial charge in [0.25, 0.3) is 0 Å². The van der Waals surface area contributed by atoms with Gasteiger partial charge in [-0.2, -0.15) is 13.2 Å². The molecule has 0 saturated heterocycles. The predicted octanol–water partition coefficient (Wildman–Crippen LogP) is 4.06. The van der Waals surface area contributed by atoms with E-state index < -0.39 is 11.4 Å². The van der Waals surface area contributed by atoms with Gasteiger partial charge < -0.3 is 4.74 Å². The summed E-state index contributed by atoms with van der Waals surface area (Å²) in [5.41, 5.74) is 3.64. The molecule has 0 saturated carbocycles. The molecule has 1 amide bonds. The van der Waals surface area contributed by atoms with Gasteiger partial charge in [0, 0.05) is 40.2 Å². The molecular weight excluding hydrogens is 347 g/mol. The van der Waals surface area contributed by atoms with Crippen molar-refractivity contribution in [2.75, 3.05) is 0 Å². The highest BCUT2D eigenvalue weighted by atomic mass is 32.2. The van der Waals surface area contributed by atoms with Crippen molar-refractivity contribution in [3.05, 3.63) is 52.0 Å². The minimum atomic E-state index is -4.54. The van der Waals surface area contributed by atoms with E-state index in [9.17, 15) is 18.0 Å². The smallest absolute Gasteiger partial charge is 0.446 e. The van der Waals surface area contributed by atoms with Crippen molar-refractivity contribution in [2.45, 2.75) is 17.0 Å². The second kappa shape index (κ2) is 7.28. The van der Waals surface area contributed by atoms with Gasteiger partial charge in [-0.15, -0.1) is 5.10 Å². The van der Waals surface area contributed by atoms with Gasteiger partial charge in [0.15, 0.2) is 0 Å². The summed E-state index contributed by atoms with van der Waals surface area (Å²) in [6.07, 6.45) is 1.59. The maximum Gasteiger partial charge on any atom is 0.446 e. The first kappa shape index (κ1) is 17.7. The van der Waals surface area contributed by atoms with Crippen LogP contribution in [-0.4, -0.2) is 21.2 Å². The maximum atomic E-state index is 12.7. The highest BCUT2D eigenvalue weighted by Gasteiger charge is 2.31. The van der Waals surface area contributed by atoms with E-state index in [1.54, 1.807) is 13.2 Å². The SMILES string of the molecule is Cn1ccc(OCc2c(SC(F)(F)F)cccc2C(=O)N=[N+]=[N-])n1. The summed E-state index contributed by atoms with van der Waals surface area (Å²) in [5, 5.41) is 6.87. The normalized spacial score (nSPS) is 11.0. The Hall–Kier alpha value is -2.65. The molecule has 7 nitrogen and oxygen atoms in total. The van der Waals surface area contributed by atoms with Gasteiger partial charge in [-0.05, 0) is 28.5 Å². The van der Waals surface area contributed by atoms with Crippen LogP contribution in [0, 0.1) is 0 Å². The van der Waals surface area contributed by atoms with Crippen molar-refractivity contribution in [2.24, 2.45) is 12.2 Å². The summed E-state index contributed by atoms with van der Waals surface area (Å²) in [6.45, 7) is -0.335. The molecule has 0 bridgehead atoms. The van der Waals surface area contributed by atoms with Crippen molar-refractivity contribution >= 4 is 17.7 Å². The fourth-order valence-electron chi connectivity index (χ4n) is 1.85. The van der Waals surface area contributed by atoms with Gasteiger partial charge in [-0.25, -0.2) is 0 Å². The Morgan fingerprint density at radius 2 is 2.21 bits per heavy atom. The molecule has 1 heterocycles. The van der Waals surface area contributed by atoms with E-state index in [0.717, 1.165) is 0 Å². The molecule has 0 radical (unpaired) electrons. The van der Waals surface area contributed by atoms with Crippen LogP contribution in [0.5, 0.6) is 5.88 Å². The van der Waals surface area contributed by atoms with Crippen LogP contribution in [-0.2, 0) is 13.7 Å². The lowest BCUT2D eigenvalue weighted by atomic mass is 10.1. The Morgan fingerprint density at radius 1 is 1.46 bits per heavy atom. The molecular formula is C13H10F3N5O2S. The molecule has 2 rings (SSSR count). The predicted molar refractivity (Wildman–Crippen MR) is 79.4 cm³/mol. The van der Waals surface area contributed by atoms with Crippen molar-refractivity contribution < 1.29 is 22.7 Å². The molecule has 0 unspecified atom stereocenters. The van der Waals surface area contributed by atoms with Crippen molar-refractivity contribution in [3.63, 3.8) is 0 Å². The van der Waals surface area contributed by atoms with Crippen LogP contribution >= 0.6 is 11.8 Å². The van der Waals surface area contributed by atoms with Gasteiger partial charge in [0.1, 0.15) is 6.61 Å². The van der Waals surface area contributed by atoms with Gasteiger partial charge in [0.2, 0.25) is 11.8 Å². The first-order valence-electron chi connectivity index (χ1n) is 6.39. The standard InChI is InChI=1S/C13H10F3N5O2S/c1-21-6-5-11(19-21)23-7-9-8(12(22)18-20-17)3-2-4-10(9)24-13(14,15)16/h2-6H,7H2,1H3. The monoisotopic (exact) mass is 357 g/mol. The van der Waals surface area contributed by atoms with Gasteiger partial charge >= 0.3 is 5.51 Å². The number of alkyl halides is 3. The van der Waals surface area contributed by atoms with Crippen molar-refractivity contribution in [1.29, 1.82) is 0 Å². The first-order valence-corrected chi connectivity index (χ1v) is 7.21. The van der Waals surface area contributed by atoms with Crippen molar-refractivity contribution in [3.8, 4) is 5.88 Å². The van der Waals surface area contributed by atoms with Crippen LogP contribution in [0.1, 0.15) is 15.9 Å². The summed E-state index contributed by atoms with van der Waals surface area (Å²) >= 11 is -0.375. The Morgan fingerprint density at radius 3 is 2.79 bits per heavy atom. The molecule has 1 aromatic heterocycles. The molecule has 0 N–H and O–H groups in total. The van der Waals surface area contributed by atoms with Crippen LogP contribution in [0.2, 0.25) is 0 Å². The third-order valence-corrected chi connectivity index (χ3v) is 3.61. The van der Waals surface area contributed by atoms with E-state index in [1.807, 2.05) is 0 Å². The van der Waals surface area contributed by atoms with Crippen LogP contribution in [0.25, 0.3) is 10.4 Å². The number of nitrogens with zero attached hydrogens (tertiary/aromatic N) is 5. The number of carbonyl (C=O) groups excluding carboxylic acids is 1. The molecule has 0 aliphatic rings. The number of thioether (sulfide) groups is 1. The number of carbonyl (C=O) groups is 1. The number of hydrogen-bond acceptors (Lipinski definition) is 4. The average molecular weight is 357 g/mol. The molecule has 0 atom stereocenters. The largest absolute Gasteiger partial charge is 0.472 e. The van der Waals surface area contributed by atoms with E-state index in [2.05, 4.69) is 15.1 Å². The van der Waals surface area contributed by atoms with E-state index >= 15 is 0 Å². The highest BCUT2D eigenvalue weighted by molar-refractivity contribution is 8.00. The molecule has 126 valence electrons. The van der Waals surface area contributed by atoms with Gasteiger partial charge in [-0.3, -0.25) is 9.48 Å². The zero-order chi connectivity index (χ0) is 17.7. The molecule has 1 aromatic carbocycles. The molecule has 11 heteroatoms. The lowest BCUT2D eigenvalue weighted by Gasteiger charge is -2.14. The quantitative estimate of drug-likeness (QED) is 0.349. The Labute approximate surface area is 138 Å². The number of halogens is 3. The maximum absolute atomic E-state index is 12.7. The zero-order valence-corrected chi connectivity index (χ0v) is 13.0. The lowest BCUT2D eigenvalue weighted by molar-refractivity contribution is -0.0328. The van der Waals surface area contributed by atoms with Crippen LogP contribution in [0.15, 0.2) is 40.5 Å². The molecule has 2 aromatic rings. The fraction of sp³-hybridized carbons (Fsp3) is 0.231. The summed E-state index contributed by atoms with van der Waals surface area (Å²) < 4.78 is 44.9. The average Bonchev–Trinajstić information content (AvgIpc) is 2.90.